The number of halogens is 1. The molecule has 0 saturated heterocycles. The summed E-state index contributed by atoms with van der Waals surface area (Å²) in [6.07, 6.45) is 5.86. The van der Waals surface area contributed by atoms with Gasteiger partial charge in [-0.05, 0) is 68.9 Å². The Hall–Kier alpha value is -4.14. The first-order valence-corrected chi connectivity index (χ1v) is 12.4. The second-order valence-corrected chi connectivity index (χ2v) is 9.13. The van der Waals surface area contributed by atoms with E-state index in [1.54, 1.807) is 6.92 Å². The first-order chi connectivity index (χ1) is 17.8. The lowest BCUT2D eigenvalue weighted by atomic mass is 9.97. The molecule has 194 valence electrons. The molecule has 1 amide bonds. The number of benzene rings is 2. The molecule has 0 unspecified atom stereocenters. The zero-order valence-electron chi connectivity index (χ0n) is 20.8. The fraction of sp³-hybridized carbons (Fsp3) is 0.321. The minimum Gasteiger partial charge on any atom is -0.481 e. The summed E-state index contributed by atoms with van der Waals surface area (Å²) >= 11 is 0. The number of aromatic nitrogens is 2. The van der Waals surface area contributed by atoms with Gasteiger partial charge in [0, 0.05) is 6.54 Å². The number of allylic oxidation sites excluding steroid dienone is 1. The fourth-order valence-corrected chi connectivity index (χ4v) is 4.47. The third-order valence-electron chi connectivity index (χ3n) is 6.45. The molecule has 4 rings (SSSR count). The second-order valence-electron chi connectivity index (χ2n) is 9.13. The Kier molecular flexibility index (Phi) is 8.22. The number of carbonyl (C=O) groups excluding carboxylic acids is 1. The first-order valence-electron chi connectivity index (χ1n) is 12.4. The molecule has 9 heteroatoms. The maximum atomic E-state index is 13.7. The molecule has 1 aliphatic rings. The van der Waals surface area contributed by atoms with Gasteiger partial charge in [-0.2, -0.15) is 0 Å². The summed E-state index contributed by atoms with van der Waals surface area (Å²) < 4.78 is 20.3. The van der Waals surface area contributed by atoms with E-state index < -0.39 is 29.1 Å². The Labute approximate surface area is 214 Å². The number of H-pyrrole nitrogens is 1. The molecule has 3 N–H and O–H groups in total. The van der Waals surface area contributed by atoms with Crippen molar-refractivity contribution >= 4 is 17.4 Å². The lowest BCUT2D eigenvalue weighted by Crippen LogP contribution is -2.46. The number of nitrogen functional groups attached to an aromatic ring is 1. The number of aromatic amines is 1. The van der Waals surface area contributed by atoms with Crippen LogP contribution in [-0.4, -0.2) is 28.1 Å². The molecule has 1 aromatic heterocycles. The molecule has 0 fully saturated rings. The Bertz CT molecular complexity index is 1380. The first kappa shape index (κ1) is 25.9. The molecule has 0 spiro atoms. The summed E-state index contributed by atoms with van der Waals surface area (Å²) in [5.41, 5.74) is 6.93. The summed E-state index contributed by atoms with van der Waals surface area (Å²) in [5, 5.41) is 0. The van der Waals surface area contributed by atoms with Crippen molar-refractivity contribution in [3.05, 3.63) is 98.5 Å². The highest BCUT2D eigenvalue weighted by Crippen LogP contribution is 2.25. The maximum absolute atomic E-state index is 13.7. The van der Waals surface area contributed by atoms with Crippen LogP contribution in [0.5, 0.6) is 5.75 Å². The second kappa shape index (κ2) is 11.7. The van der Waals surface area contributed by atoms with Gasteiger partial charge in [0.05, 0.1) is 6.54 Å². The summed E-state index contributed by atoms with van der Waals surface area (Å²) in [7, 11) is 0. The standard InChI is InChI=1S/C28H31FN4O4/c1-19(37-23-14-12-22(29)13-15-23)27(35)32(17-16-20-8-4-2-5-9-20)24-25(30)33(28(36)31-26(24)34)18-21-10-6-3-7-11-21/h3,6-8,10-15,19H,2,4-5,9,16-18,30H2,1H3,(H,31,34,36)/t19-/m1/s1. The van der Waals surface area contributed by atoms with Crippen molar-refractivity contribution in [2.45, 2.75) is 51.7 Å². The van der Waals surface area contributed by atoms with Crippen molar-refractivity contribution in [3.8, 4) is 5.75 Å². The quantitative estimate of drug-likeness (QED) is 0.426. The van der Waals surface area contributed by atoms with Gasteiger partial charge >= 0.3 is 5.69 Å². The number of carbonyl (C=O) groups is 1. The van der Waals surface area contributed by atoms with Crippen molar-refractivity contribution in [3.63, 3.8) is 0 Å². The Morgan fingerprint density at radius 2 is 1.86 bits per heavy atom. The van der Waals surface area contributed by atoms with Crippen molar-refractivity contribution in [2.75, 3.05) is 17.2 Å². The van der Waals surface area contributed by atoms with Crippen LogP contribution in [0.25, 0.3) is 0 Å². The monoisotopic (exact) mass is 506 g/mol. The van der Waals surface area contributed by atoms with E-state index in [1.807, 2.05) is 30.3 Å². The van der Waals surface area contributed by atoms with Crippen LogP contribution in [0.15, 0.2) is 75.8 Å². The minimum absolute atomic E-state index is 0.0912. The highest BCUT2D eigenvalue weighted by atomic mass is 19.1. The largest absolute Gasteiger partial charge is 0.481 e. The van der Waals surface area contributed by atoms with Crippen LogP contribution in [0, 0.1) is 5.82 Å². The normalized spacial score (nSPS) is 14.1. The van der Waals surface area contributed by atoms with Crippen LogP contribution in [0.1, 0.15) is 44.6 Å². The molecule has 37 heavy (non-hydrogen) atoms. The molecule has 1 aliphatic carbocycles. The third kappa shape index (κ3) is 6.35. The van der Waals surface area contributed by atoms with Gasteiger partial charge in [0.25, 0.3) is 11.5 Å². The van der Waals surface area contributed by atoms with Crippen molar-refractivity contribution in [1.29, 1.82) is 0 Å². The van der Waals surface area contributed by atoms with Gasteiger partial charge in [0.15, 0.2) is 11.8 Å². The molecule has 8 nitrogen and oxygen atoms in total. The van der Waals surface area contributed by atoms with E-state index in [9.17, 15) is 18.8 Å². The number of hydrogen-bond donors (Lipinski definition) is 2. The predicted molar refractivity (Wildman–Crippen MR) is 141 cm³/mol. The van der Waals surface area contributed by atoms with Crippen LogP contribution in [0.2, 0.25) is 0 Å². The summed E-state index contributed by atoms with van der Waals surface area (Å²) in [4.78, 5) is 43.0. The number of nitrogens with zero attached hydrogens (tertiary/aromatic N) is 2. The summed E-state index contributed by atoms with van der Waals surface area (Å²) in [6.45, 7) is 1.88. The zero-order valence-corrected chi connectivity index (χ0v) is 20.8. The summed E-state index contributed by atoms with van der Waals surface area (Å²) in [6, 6.07) is 14.5. The molecular weight excluding hydrogens is 475 g/mol. The van der Waals surface area contributed by atoms with Gasteiger partial charge < -0.3 is 15.4 Å². The van der Waals surface area contributed by atoms with E-state index in [1.165, 1.54) is 39.3 Å². The SMILES string of the molecule is C[C@@H](Oc1ccc(F)cc1)C(=O)N(CCC1=CCCCC1)c1c(N)n(Cc2ccccc2)c(=O)[nH]c1=O. The number of nitrogens with two attached hydrogens (primary N) is 1. The smallest absolute Gasteiger partial charge is 0.330 e. The molecule has 1 heterocycles. The lowest BCUT2D eigenvalue weighted by Gasteiger charge is -2.28. The van der Waals surface area contributed by atoms with E-state index in [2.05, 4.69) is 11.1 Å². The molecule has 1 atom stereocenters. The van der Waals surface area contributed by atoms with E-state index in [-0.39, 0.29) is 24.6 Å². The Balaban J connectivity index is 1.69. The molecule has 2 aromatic carbocycles. The highest BCUT2D eigenvalue weighted by Gasteiger charge is 2.29. The average Bonchev–Trinajstić information content (AvgIpc) is 2.90. The zero-order chi connectivity index (χ0) is 26.4. The van der Waals surface area contributed by atoms with Gasteiger partial charge in [-0.15, -0.1) is 0 Å². The molecular formula is C28H31FN4O4. The van der Waals surface area contributed by atoms with Crippen LogP contribution >= 0.6 is 0 Å². The molecule has 0 radical (unpaired) electrons. The third-order valence-corrected chi connectivity index (χ3v) is 6.45. The predicted octanol–water partition coefficient (Wildman–Crippen LogP) is 4.00. The molecule has 3 aromatic rings. The van der Waals surface area contributed by atoms with Gasteiger partial charge in [0.1, 0.15) is 17.4 Å². The van der Waals surface area contributed by atoms with Gasteiger partial charge in [0.2, 0.25) is 0 Å². The van der Waals surface area contributed by atoms with Gasteiger partial charge in [-0.1, -0.05) is 42.0 Å². The number of hydrogen-bond acceptors (Lipinski definition) is 5. The molecule has 0 aliphatic heterocycles. The fourth-order valence-electron chi connectivity index (χ4n) is 4.47. The Morgan fingerprint density at radius 3 is 2.54 bits per heavy atom. The topological polar surface area (TPSA) is 110 Å². The number of amides is 1. The van der Waals surface area contributed by atoms with Crippen molar-refractivity contribution < 1.29 is 13.9 Å². The van der Waals surface area contributed by atoms with Crippen LogP contribution < -0.4 is 26.6 Å². The van der Waals surface area contributed by atoms with E-state index in [0.29, 0.717) is 12.2 Å². The summed E-state index contributed by atoms with van der Waals surface area (Å²) in [5.74, 6) is -0.706. The minimum atomic E-state index is -1.00. The van der Waals surface area contributed by atoms with E-state index in [0.717, 1.165) is 31.2 Å². The van der Waals surface area contributed by atoms with Gasteiger partial charge in [-0.3, -0.25) is 19.1 Å². The lowest BCUT2D eigenvalue weighted by molar-refractivity contribution is -0.124. The van der Waals surface area contributed by atoms with Gasteiger partial charge in [-0.25, -0.2) is 9.18 Å². The number of nitrogens with one attached hydrogen (secondary N) is 1. The average molecular weight is 507 g/mol. The highest BCUT2D eigenvalue weighted by molar-refractivity contribution is 5.98. The van der Waals surface area contributed by atoms with Crippen molar-refractivity contribution in [1.82, 2.24) is 9.55 Å². The number of rotatable bonds is 9. The maximum Gasteiger partial charge on any atom is 0.330 e. The van der Waals surface area contributed by atoms with Crippen molar-refractivity contribution in [2.24, 2.45) is 0 Å². The van der Waals surface area contributed by atoms with Crippen LogP contribution in [0.3, 0.4) is 0 Å². The van der Waals surface area contributed by atoms with Crippen LogP contribution in [0.4, 0.5) is 15.9 Å². The number of anilines is 2. The Morgan fingerprint density at radius 1 is 1.14 bits per heavy atom. The van der Waals surface area contributed by atoms with Crippen LogP contribution in [-0.2, 0) is 11.3 Å². The molecule has 0 bridgehead atoms. The van der Waals surface area contributed by atoms with E-state index >= 15 is 0 Å². The van der Waals surface area contributed by atoms with E-state index in [4.69, 9.17) is 10.5 Å². The molecule has 0 saturated carbocycles. The number of ether oxygens (including phenoxy) is 1.